The van der Waals surface area contributed by atoms with Crippen molar-refractivity contribution in [3.8, 4) is 0 Å². The van der Waals surface area contributed by atoms with Crippen LogP contribution in [-0.2, 0) is 16.6 Å². The van der Waals surface area contributed by atoms with Crippen LogP contribution in [0.1, 0.15) is 32.1 Å². The first kappa shape index (κ1) is 14.5. The van der Waals surface area contributed by atoms with Crippen LogP contribution in [0.25, 0.3) is 0 Å². The van der Waals surface area contributed by atoms with Crippen molar-refractivity contribution in [1.82, 2.24) is 14.5 Å². The van der Waals surface area contributed by atoms with E-state index in [9.17, 15) is 8.42 Å². The van der Waals surface area contributed by atoms with Crippen molar-refractivity contribution in [3.63, 3.8) is 0 Å². The molecule has 1 aromatic heterocycles. The number of aryl methyl sites for hydroxylation is 1. The summed E-state index contributed by atoms with van der Waals surface area (Å²) < 4.78 is 28.2. The number of nitrogens with zero attached hydrogens (tertiary/aromatic N) is 2. The Hall–Kier alpha value is -0.920. The van der Waals surface area contributed by atoms with E-state index in [2.05, 4.69) is 9.82 Å². The third-order valence-electron chi connectivity index (χ3n) is 3.29. The molecule has 1 aliphatic carbocycles. The SMILES string of the molecule is NCCCn1cc(S(=O)(=O)NCCCC2CC2)cn1. The third kappa shape index (κ3) is 4.59. The van der Waals surface area contributed by atoms with E-state index in [1.54, 1.807) is 10.9 Å². The van der Waals surface area contributed by atoms with Gasteiger partial charge in [0.2, 0.25) is 10.0 Å². The highest BCUT2D eigenvalue weighted by Gasteiger charge is 2.21. The van der Waals surface area contributed by atoms with Gasteiger partial charge in [0.1, 0.15) is 4.90 Å². The van der Waals surface area contributed by atoms with Crippen molar-refractivity contribution in [2.45, 2.75) is 43.5 Å². The lowest BCUT2D eigenvalue weighted by molar-refractivity contribution is 0.570. The molecule has 0 aliphatic heterocycles. The summed E-state index contributed by atoms with van der Waals surface area (Å²) in [5, 5.41) is 4.03. The molecule has 19 heavy (non-hydrogen) atoms. The number of hydrogen-bond acceptors (Lipinski definition) is 4. The Kier molecular flexibility index (Phi) is 4.95. The average Bonchev–Trinajstić information content (AvgIpc) is 3.08. The molecule has 0 unspecified atom stereocenters. The molecule has 0 aromatic carbocycles. The minimum atomic E-state index is -3.41. The fourth-order valence-electron chi connectivity index (χ4n) is 1.95. The van der Waals surface area contributed by atoms with Crippen molar-refractivity contribution in [3.05, 3.63) is 12.4 Å². The molecule has 0 bridgehead atoms. The highest BCUT2D eigenvalue weighted by Crippen LogP contribution is 2.33. The Morgan fingerprint density at radius 1 is 1.42 bits per heavy atom. The standard InChI is InChI=1S/C12H22N4O2S/c13-6-2-8-16-10-12(9-14-16)19(17,18)15-7-1-3-11-4-5-11/h9-11,15H,1-8,13H2. The molecule has 2 rings (SSSR count). The summed E-state index contributed by atoms with van der Waals surface area (Å²) in [7, 11) is -3.41. The number of nitrogens with one attached hydrogen (secondary N) is 1. The van der Waals surface area contributed by atoms with Gasteiger partial charge in [0, 0.05) is 19.3 Å². The zero-order chi connectivity index (χ0) is 13.7. The summed E-state index contributed by atoms with van der Waals surface area (Å²) in [5.74, 6) is 0.837. The van der Waals surface area contributed by atoms with Crippen LogP contribution in [0.3, 0.4) is 0 Å². The zero-order valence-electron chi connectivity index (χ0n) is 11.1. The second kappa shape index (κ2) is 6.49. The van der Waals surface area contributed by atoms with E-state index in [0.717, 1.165) is 25.2 Å². The van der Waals surface area contributed by atoms with Crippen molar-refractivity contribution >= 4 is 10.0 Å². The first-order chi connectivity index (χ1) is 9.12. The second-order valence-corrected chi connectivity index (χ2v) is 6.83. The monoisotopic (exact) mass is 286 g/mol. The lowest BCUT2D eigenvalue weighted by Gasteiger charge is -2.04. The molecule has 1 saturated carbocycles. The molecule has 1 aromatic rings. The maximum atomic E-state index is 12.0. The Morgan fingerprint density at radius 2 is 2.21 bits per heavy atom. The van der Waals surface area contributed by atoms with Crippen LogP contribution in [0.5, 0.6) is 0 Å². The summed E-state index contributed by atoms with van der Waals surface area (Å²) in [6.07, 6.45) is 8.37. The van der Waals surface area contributed by atoms with E-state index in [1.165, 1.54) is 19.0 Å². The van der Waals surface area contributed by atoms with Crippen LogP contribution in [-0.4, -0.2) is 31.3 Å². The molecular formula is C12H22N4O2S. The quantitative estimate of drug-likeness (QED) is 0.654. The predicted molar refractivity (Wildman–Crippen MR) is 73.0 cm³/mol. The van der Waals surface area contributed by atoms with Crippen LogP contribution >= 0.6 is 0 Å². The third-order valence-corrected chi connectivity index (χ3v) is 4.70. The minimum absolute atomic E-state index is 0.232. The molecular weight excluding hydrogens is 264 g/mol. The molecule has 0 saturated heterocycles. The van der Waals surface area contributed by atoms with Gasteiger partial charge in [-0.1, -0.05) is 12.8 Å². The van der Waals surface area contributed by atoms with Crippen molar-refractivity contribution in [1.29, 1.82) is 0 Å². The highest BCUT2D eigenvalue weighted by molar-refractivity contribution is 7.89. The molecule has 7 heteroatoms. The molecule has 0 radical (unpaired) electrons. The summed E-state index contributed by atoms with van der Waals surface area (Å²) in [5.41, 5.74) is 5.41. The number of rotatable bonds is 9. The zero-order valence-corrected chi connectivity index (χ0v) is 11.9. The van der Waals surface area contributed by atoms with E-state index < -0.39 is 10.0 Å². The molecule has 1 aliphatic rings. The smallest absolute Gasteiger partial charge is 0.243 e. The van der Waals surface area contributed by atoms with Gasteiger partial charge in [-0.05, 0) is 31.7 Å². The van der Waals surface area contributed by atoms with E-state index >= 15 is 0 Å². The van der Waals surface area contributed by atoms with Crippen molar-refractivity contribution < 1.29 is 8.42 Å². The molecule has 3 N–H and O–H groups in total. The first-order valence-electron chi connectivity index (χ1n) is 6.84. The van der Waals surface area contributed by atoms with Crippen LogP contribution in [0.2, 0.25) is 0 Å². The molecule has 1 heterocycles. The fraction of sp³-hybridized carbons (Fsp3) is 0.750. The fourth-order valence-corrected chi connectivity index (χ4v) is 2.97. The van der Waals surface area contributed by atoms with Gasteiger partial charge in [-0.25, -0.2) is 13.1 Å². The van der Waals surface area contributed by atoms with Gasteiger partial charge in [0.05, 0.1) is 6.20 Å². The van der Waals surface area contributed by atoms with Gasteiger partial charge in [0.15, 0.2) is 0 Å². The Labute approximate surface area is 114 Å². The van der Waals surface area contributed by atoms with Crippen LogP contribution in [0.4, 0.5) is 0 Å². The molecule has 0 atom stereocenters. The molecule has 108 valence electrons. The van der Waals surface area contributed by atoms with E-state index in [-0.39, 0.29) is 4.90 Å². The minimum Gasteiger partial charge on any atom is -0.330 e. The average molecular weight is 286 g/mol. The summed E-state index contributed by atoms with van der Waals surface area (Å²) in [6.45, 7) is 1.72. The Balaban J connectivity index is 1.81. The topological polar surface area (TPSA) is 90.0 Å². The lowest BCUT2D eigenvalue weighted by atomic mass is 10.2. The van der Waals surface area contributed by atoms with Gasteiger partial charge in [-0.15, -0.1) is 0 Å². The maximum Gasteiger partial charge on any atom is 0.243 e. The predicted octanol–water partition coefficient (Wildman–Crippen LogP) is 0.700. The number of hydrogen-bond donors (Lipinski definition) is 2. The normalized spacial score (nSPS) is 15.8. The van der Waals surface area contributed by atoms with Gasteiger partial charge >= 0.3 is 0 Å². The van der Waals surface area contributed by atoms with Crippen molar-refractivity contribution in [2.75, 3.05) is 13.1 Å². The van der Waals surface area contributed by atoms with Gasteiger partial charge < -0.3 is 5.73 Å². The van der Waals surface area contributed by atoms with Gasteiger partial charge in [-0.2, -0.15) is 5.10 Å². The van der Waals surface area contributed by atoms with Crippen LogP contribution in [0.15, 0.2) is 17.3 Å². The summed E-state index contributed by atoms with van der Waals surface area (Å²) >= 11 is 0. The maximum absolute atomic E-state index is 12.0. The lowest BCUT2D eigenvalue weighted by Crippen LogP contribution is -2.24. The van der Waals surface area contributed by atoms with E-state index in [1.807, 2.05) is 0 Å². The second-order valence-electron chi connectivity index (χ2n) is 5.06. The van der Waals surface area contributed by atoms with Gasteiger partial charge in [0.25, 0.3) is 0 Å². The Bertz CT molecular complexity index is 494. The van der Waals surface area contributed by atoms with Crippen molar-refractivity contribution in [2.24, 2.45) is 11.7 Å². The molecule has 0 amide bonds. The summed E-state index contributed by atoms with van der Waals surface area (Å²) in [4.78, 5) is 0.232. The first-order valence-corrected chi connectivity index (χ1v) is 8.32. The number of sulfonamides is 1. The van der Waals surface area contributed by atoms with E-state index in [0.29, 0.717) is 19.6 Å². The molecule has 6 nitrogen and oxygen atoms in total. The molecule has 0 spiro atoms. The highest BCUT2D eigenvalue weighted by atomic mass is 32.2. The molecule has 1 fully saturated rings. The number of nitrogens with two attached hydrogens (primary N) is 1. The van der Waals surface area contributed by atoms with E-state index in [4.69, 9.17) is 5.73 Å². The van der Waals surface area contributed by atoms with Gasteiger partial charge in [-0.3, -0.25) is 4.68 Å². The largest absolute Gasteiger partial charge is 0.330 e. The Morgan fingerprint density at radius 3 is 2.89 bits per heavy atom. The van der Waals surface area contributed by atoms with Crippen LogP contribution in [0, 0.1) is 5.92 Å². The van der Waals surface area contributed by atoms with Crippen LogP contribution < -0.4 is 10.5 Å². The summed E-state index contributed by atoms with van der Waals surface area (Å²) in [6, 6.07) is 0. The number of aromatic nitrogens is 2.